The molecule has 2 aliphatic carbocycles. The molecule has 230 valence electrons. The van der Waals surface area contributed by atoms with Gasteiger partial charge in [0.25, 0.3) is 0 Å². The molecule has 3 aliphatic rings. The molecule has 0 amide bonds. The third-order valence-corrected chi connectivity index (χ3v) is 9.82. The van der Waals surface area contributed by atoms with Crippen LogP contribution in [0.25, 0.3) is 0 Å². The second-order valence-corrected chi connectivity index (χ2v) is 14.9. The van der Waals surface area contributed by atoms with Crippen molar-refractivity contribution in [1.82, 2.24) is 4.90 Å². The fraction of sp³-hybridized carbons (Fsp3) is 0.471. The van der Waals surface area contributed by atoms with E-state index < -0.39 is 5.92 Å². The van der Waals surface area contributed by atoms with Crippen molar-refractivity contribution < 1.29 is 23.8 Å². The Morgan fingerprint density at radius 2 is 1.49 bits per heavy atom. The van der Waals surface area contributed by atoms with Gasteiger partial charge in [0.05, 0.1) is 28.2 Å². The highest BCUT2D eigenvalue weighted by Gasteiger charge is 2.49. The number of allylic oxidation sites excluding steroid dienone is 4. The Morgan fingerprint density at radius 3 is 2.02 bits per heavy atom. The molecule has 0 aromatic heterocycles. The molecule has 6 nitrogen and oxygen atoms in total. The number of hydrogen-bond donors (Lipinski definition) is 0. The molecule has 0 bridgehead atoms. The maximum atomic E-state index is 14.0. The molecule has 2 aromatic rings. The van der Waals surface area contributed by atoms with Crippen LogP contribution in [0.15, 0.2) is 57.3 Å². The van der Waals surface area contributed by atoms with Crippen LogP contribution in [-0.2, 0) is 20.9 Å². The number of nitrogens with zero attached hydrogens (tertiary/aromatic N) is 1. The summed E-state index contributed by atoms with van der Waals surface area (Å²) in [6.07, 6.45) is 2.32. The summed E-state index contributed by atoms with van der Waals surface area (Å²) in [5.41, 5.74) is 4.70. The third-order valence-electron chi connectivity index (χ3n) is 8.49. The lowest BCUT2D eigenvalue weighted by molar-refractivity contribution is -0.119. The highest BCUT2D eigenvalue weighted by molar-refractivity contribution is 9.10. The van der Waals surface area contributed by atoms with Crippen molar-refractivity contribution >= 4 is 50.7 Å². The van der Waals surface area contributed by atoms with Crippen molar-refractivity contribution in [3.63, 3.8) is 0 Å². The minimum atomic E-state index is -0.495. The summed E-state index contributed by atoms with van der Waals surface area (Å²) >= 11 is 16.0. The summed E-state index contributed by atoms with van der Waals surface area (Å²) in [6, 6.07) is 9.22. The van der Waals surface area contributed by atoms with Gasteiger partial charge in [0.2, 0.25) is 0 Å². The molecule has 1 aliphatic heterocycles. The first-order valence-electron chi connectivity index (χ1n) is 14.5. The molecule has 0 unspecified atom stereocenters. The average Bonchev–Trinajstić information content (AvgIpc) is 2.91. The average molecular weight is 691 g/mol. The number of ketones is 2. The smallest absolute Gasteiger partial charge is 0.175 e. The molecule has 5 rings (SSSR count). The Kier molecular flexibility index (Phi) is 9.12. The number of Topliss-reactive ketones (excluding diaryl/α,β-unsaturated/α-hetero) is 2. The number of carbonyl (C=O) groups excluding carboxylic acids is 2. The SMILES string of the molecule is COCCN1C2=C(C(=O)CC(C)(C)C2)C(c2cc(Br)c(OCc3ccc(Cl)c(Cl)c3)c(OC)c2)C2=C1CC(C)(C)CC2=O. The maximum Gasteiger partial charge on any atom is 0.175 e. The van der Waals surface area contributed by atoms with Crippen LogP contribution in [0.4, 0.5) is 0 Å². The van der Waals surface area contributed by atoms with Gasteiger partial charge in [0, 0.05) is 55.0 Å². The van der Waals surface area contributed by atoms with E-state index in [0.29, 0.717) is 63.2 Å². The zero-order chi connectivity index (χ0) is 31.3. The first kappa shape index (κ1) is 32.1. The largest absolute Gasteiger partial charge is 0.493 e. The van der Waals surface area contributed by atoms with Gasteiger partial charge >= 0.3 is 0 Å². The van der Waals surface area contributed by atoms with Crippen molar-refractivity contribution in [3.05, 3.63) is 78.5 Å². The van der Waals surface area contributed by atoms with Crippen LogP contribution >= 0.6 is 39.1 Å². The van der Waals surface area contributed by atoms with E-state index in [1.165, 1.54) is 0 Å². The van der Waals surface area contributed by atoms with Gasteiger partial charge in [-0.2, -0.15) is 0 Å². The molecule has 43 heavy (non-hydrogen) atoms. The first-order valence-corrected chi connectivity index (χ1v) is 16.0. The van der Waals surface area contributed by atoms with E-state index in [1.807, 2.05) is 18.2 Å². The van der Waals surface area contributed by atoms with Gasteiger partial charge < -0.3 is 19.1 Å². The van der Waals surface area contributed by atoms with E-state index in [9.17, 15) is 9.59 Å². The van der Waals surface area contributed by atoms with Crippen molar-refractivity contribution in [2.24, 2.45) is 10.8 Å². The lowest BCUT2D eigenvalue weighted by Crippen LogP contribution is -2.45. The van der Waals surface area contributed by atoms with E-state index in [4.69, 9.17) is 37.4 Å². The van der Waals surface area contributed by atoms with E-state index >= 15 is 0 Å². The zero-order valence-electron chi connectivity index (χ0n) is 25.5. The Balaban J connectivity index is 1.64. The summed E-state index contributed by atoms with van der Waals surface area (Å²) in [5, 5.41) is 0.931. The monoisotopic (exact) mass is 689 g/mol. The van der Waals surface area contributed by atoms with Crippen molar-refractivity contribution in [2.45, 2.75) is 65.9 Å². The standard InChI is InChI=1S/C34H38BrCl2NO5/c1-33(2)14-24-30(26(39)16-33)29(31-25(38(24)9-10-41-5)15-34(3,4)17-27(31)40)20-12-21(35)32(28(13-20)42-6)43-18-19-7-8-22(36)23(37)11-19/h7-8,11-13,29H,9-10,14-18H2,1-6H3. The summed E-state index contributed by atoms with van der Waals surface area (Å²) < 4.78 is 18.2. The van der Waals surface area contributed by atoms with E-state index in [1.54, 1.807) is 26.4 Å². The zero-order valence-corrected chi connectivity index (χ0v) is 28.6. The third kappa shape index (κ3) is 6.42. The lowest BCUT2D eigenvalue weighted by atomic mass is 9.63. The molecule has 0 fully saturated rings. The Bertz CT molecular complexity index is 1490. The van der Waals surface area contributed by atoms with Gasteiger partial charge in [-0.05, 0) is 75.0 Å². The molecular weight excluding hydrogens is 653 g/mol. The normalized spacial score (nSPS) is 19.9. The Labute approximate surface area is 272 Å². The van der Waals surface area contributed by atoms with Crippen molar-refractivity contribution in [1.29, 1.82) is 0 Å². The summed E-state index contributed by atoms with van der Waals surface area (Å²) in [6.45, 7) is 9.87. The second kappa shape index (κ2) is 12.2. The van der Waals surface area contributed by atoms with Crippen LogP contribution in [0.3, 0.4) is 0 Å². The van der Waals surface area contributed by atoms with Gasteiger partial charge in [-0.1, -0.05) is 57.0 Å². The van der Waals surface area contributed by atoms with Crippen molar-refractivity contribution in [3.8, 4) is 11.5 Å². The molecule has 9 heteroatoms. The minimum Gasteiger partial charge on any atom is -0.493 e. The molecule has 0 saturated heterocycles. The number of ether oxygens (including phenoxy) is 3. The molecule has 0 N–H and O–H groups in total. The predicted molar refractivity (Wildman–Crippen MR) is 173 cm³/mol. The van der Waals surface area contributed by atoms with Crippen LogP contribution < -0.4 is 9.47 Å². The van der Waals surface area contributed by atoms with Crippen LogP contribution in [0, 0.1) is 10.8 Å². The van der Waals surface area contributed by atoms with Crippen molar-refractivity contribution in [2.75, 3.05) is 27.4 Å². The summed E-state index contributed by atoms with van der Waals surface area (Å²) in [7, 11) is 3.26. The molecule has 0 atom stereocenters. The lowest BCUT2D eigenvalue weighted by Gasteiger charge is -2.49. The van der Waals surface area contributed by atoms with Crippen LogP contribution in [0.5, 0.6) is 11.5 Å². The van der Waals surface area contributed by atoms with Gasteiger partial charge in [-0.3, -0.25) is 9.59 Å². The summed E-state index contributed by atoms with van der Waals surface area (Å²) in [5.74, 6) is 0.689. The van der Waals surface area contributed by atoms with E-state index in [0.717, 1.165) is 35.4 Å². The fourth-order valence-corrected chi connectivity index (χ4v) is 7.56. The number of rotatable bonds is 8. The molecule has 0 radical (unpaired) electrons. The van der Waals surface area contributed by atoms with Gasteiger partial charge in [0.15, 0.2) is 23.1 Å². The first-order chi connectivity index (χ1) is 20.2. The fourth-order valence-electron chi connectivity index (χ4n) is 6.67. The van der Waals surface area contributed by atoms with Crippen LogP contribution in [0.2, 0.25) is 10.0 Å². The van der Waals surface area contributed by atoms with Crippen LogP contribution in [0.1, 0.15) is 70.4 Å². The van der Waals surface area contributed by atoms with Crippen LogP contribution in [-0.4, -0.2) is 43.8 Å². The quantitative estimate of drug-likeness (QED) is 0.276. The number of benzene rings is 2. The summed E-state index contributed by atoms with van der Waals surface area (Å²) in [4.78, 5) is 30.3. The highest BCUT2D eigenvalue weighted by Crippen LogP contribution is 2.55. The number of halogens is 3. The molecule has 2 aromatic carbocycles. The van der Waals surface area contributed by atoms with Gasteiger partial charge in [-0.25, -0.2) is 0 Å². The Hall–Kier alpha value is -2.32. The second-order valence-electron chi connectivity index (χ2n) is 13.3. The number of hydrogen-bond acceptors (Lipinski definition) is 6. The highest BCUT2D eigenvalue weighted by atomic mass is 79.9. The van der Waals surface area contributed by atoms with Gasteiger partial charge in [-0.15, -0.1) is 0 Å². The van der Waals surface area contributed by atoms with E-state index in [2.05, 4.69) is 48.5 Å². The number of methoxy groups -OCH3 is 2. The minimum absolute atomic E-state index is 0.0814. The predicted octanol–water partition coefficient (Wildman–Crippen LogP) is 8.68. The van der Waals surface area contributed by atoms with Gasteiger partial charge in [0.1, 0.15) is 6.61 Å². The molecule has 0 spiro atoms. The maximum absolute atomic E-state index is 14.0. The topological polar surface area (TPSA) is 65.1 Å². The molecule has 0 saturated carbocycles. The van der Waals surface area contributed by atoms with E-state index in [-0.39, 0.29) is 29.0 Å². The molecule has 1 heterocycles. The molecular formula is C34H38BrCl2NO5. The number of carbonyl (C=O) groups is 2. The Morgan fingerprint density at radius 1 is 0.884 bits per heavy atom.